The number of nitrogens with zero attached hydrogens (tertiary/aromatic N) is 3. The van der Waals surface area contributed by atoms with E-state index in [1.165, 1.54) is 12.3 Å². The van der Waals surface area contributed by atoms with Crippen LogP contribution in [0.2, 0.25) is 0 Å². The summed E-state index contributed by atoms with van der Waals surface area (Å²) in [5, 5.41) is 1.69. The number of nitrogens with one attached hydrogen (secondary N) is 1. The minimum Gasteiger partial charge on any atom is -0.470 e. The van der Waals surface area contributed by atoms with E-state index in [2.05, 4.69) is 19.7 Å². The molecule has 0 radical (unpaired) electrons. The highest BCUT2D eigenvalue weighted by atomic mass is 32.2. The normalized spacial score (nSPS) is 11.2. The number of thiophene rings is 1. The largest absolute Gasteiger partial charge is 0.470 e. The fraction of sp³-hybridized carbons (Fsp3) is 0.133. The molecular formula is C15H14N4O3S2. The van der Waals surface area contributed by atoms with Gasteiger partial charge in [0.15, 0.2) is 0 Å². The van der Waals surface area contributed by atoms with Gasteiger partial charge in [-0.3, -0.25) is 9.71 Å². The van der Waals surface area contributed by atoms with E-state index in [1.807, 2.05) is 6.07 Å². The van der Waals surface area contributed by atoms with Crippen LogP contribution in [0, 0.1) is 6.92 Å². The molecule has 0 aliphatic rings. The zero-order chi connectivity index (χ0) is 17.0. The first-order chi connectivity index (χ1) is 11.5. The summed E-state index contributed by atoms with van der Waals surface area (Å²) < 4.78 is 32.9. The SMILES string of the molecule is Cc1cnc(NS(=O)(=O)c2cccs2)c(OCc2cccnc2)n1. The number of ether oxygens (including phenoxy) is 1. The molecule has 0 fully saturated rings. The molecule has 24 heavy (non-hydrogen) atoms. The average molecular weight is 362 g/mol. The Morgan fingerprint density at radius 1 is 1.25 bits per heavy atom. The third kappa shape index (κ3) is 3.87. The molecule has 0 saturated carbocycles. The lowest BCUT2D eigenvalue weighted by molar-refractivity contribution is 0.293. The van der Waals surface area contributed by atoms with E-state index < -0.39 is 10.0 Å². The van der Waals surface area contributed by atoms with Gasteiger partial charge in [-0.05, 0) is 24.4 Å². The molecule has 3 aromatic rings. The zero-order valence-corrected chi connectivity index (χ0v) is 14.3. The Morgan fingerprint density at radius 2 is 2.12 bits per heavy atom. The molecule has 0 bridgehead atoms. The third-order valence-electron chi connectivity index (χ3n) is 2.95. The van der Waals surface area contributed by atoms with Crippen molar-refractivity contribution >= 4 is 27.2 Å². The quantitative estimate of drug-likeness (QED) is 0.724. The number of pyridine rings is 1. The van der Waals surface area contributed by atoms with Gasteiger partial charge in [-0.25, -0.2) is 18.4 Å². The molecule has 0 aliphatic carbocycles. The molecule has 3 rings (SSSR count). The lowest BCUT2D eigenvalue weighted by atomic mass is 10.3. The Morgan fingerprint density at radius 3 is 2.83 bits per heavy atom. The third-order valence-corrected chi connectivity index (χ3v) is 5.69. The Balaban J connectivity index is 1.83. The fourth-order valence-electron chi connectivity index (χ4n) is 1.85. The van der Waals surface area contributed by atoms with E-state index in [-0.39, 0.29) is 22.5 Å². The van der Waals surface area contributed by atoms with Gasteiger partial charge in [0.2, 0.25) is 5.82 Å². The number of rotatable bonds is 6. The summed E-state index contributed by atoms with van der Waals surface area (Å²) in [4.78, 5) is 12.3. The maximum Gasteiger partial charge on any atom is 0.272 e. The van der Waals surface area contributed by atoms with Gasteiger partial charge in [-0.15, -0.1) is 11.3 Å². The van der Waals surface area contributed by atoms with Gasteiger partial charge in [0.1, 0.15) is 10.8 Å². The van der Waals surface area contributed by atoms with Crippen LogP contribution < -0.4 is 9.46 Å². The average Bonchev–Trinajstić information content (AvgIpc) is 3.11. The van der Waals surface area contributed by atoms with Crippen molar-refractivity contribution in [1.29, 1.82) is 0 Å². The lowest BCUT2D eigenvalue weighted by Crippen LogP contribution is -2.14. The predicted octanol–water partition coefficient (Wildman–Crippen LogP) is 2.62. The number of hydrogen-bond donors (Lipinski definition) is 1. The summed E-state index contributed by atoms with van der Waals surface area (Å²) in [7, 11) is -3.71. The summed E-state index contributed by atoms with van der Waals surface area (Å²) in [6, 6.07) is 6.83. The van der Waals surface area contributed by atoms with E-state index in [1.54, 1.807) is 36.8 Å². The highest BCUT2D eigenvalue weighted by Gasteiger charge is 2.19. The van der Waals surface area contributed by atoms with Crippen molar-refractivity contribution in [3.8, 4) is 5.88 Å². The molecule has 0 atom stereocenters. The Bertz CT molecular complexity index is 913. The molecule has 3 aromatic heterocycles. The Hall–Kier alpha value is -2.52. The van der Waals surface area contributed by atoms with Crippen LogP contribution in [0.15, 0.2) is 52.4 Å². The number of sulfonamides is 1. The first-order valence-corrected chi connectivity index (χ1v) is 9.32. The zero-order valence-electron chi connectivity index (χ0n) is 12.7. The fourth-order valence-corrected chi connectivity index (χ4v) is 3.85. The van der Waals surface area contributed by atoms with Crippen molar-refractivity contribution in [3.63, 3.8) is 0 Å². The van der Waals surface area contributed by atoms with Crippen molar-refractivity contribution in [3.05, 3.63) is 59.5 Å². The summed E-state index contributed by atoms with van der Waals surface area (Å²) in [5.41, 5.74) is 1.46. The van der Waals surface area contributed by atoms with Crippen LogP contribution in [0.4, 0.5) is 5.82 Å². The Kier molecular flexibility index (Phi) is 4.72. The van der Waals surface area contributed by atoms with E-state index in [4.69, 9.17) is 4.74 Å². The maximum absolute atomic E-state index is 12.3. The summed E-state index contributed by atoms with van der Waals surface area (Å²) >= 11 is 1.12. The second-order valence-electron chi connectivity index (χ2n) is 4.85. The molecule has 0 spiro atoms. The van der Waals surface area contributed by atoms with Gasteiger partial charge < -0.3 is 4.74 Å². The number of anilines is 1. The summed E-state index contributed by atoms with van der Waals surface area (Å²) in [6.07, 6.45) is 4.80. The van der Waals surface area contributed by atoms with E-state index in [0.29, 0.717) is 5.69 Å². The van der Waals surface area contributed by atoms with E-state index >= 15 is 0 Å². The molecule has 1 N–H and O–H groups in total. The number of aryl methyl sites for hydroxylation is 1. The van der Waals surface area contributed by atoms with Crippen LogP contribution in [-0.4, -0.2) is 23.4 Å². The number of aromatic nitrogens is 3. The standard InChI is InChI=1S/C15H14N4O3S2/c1-11-8-17-14(19-24(20,21)13-5-3-7-23-13)15(18-11)22-10-12-4-2-6-16-9-12/h2-9H,10H2,1H3,(H,17,19). The minimum atomic E-state index is -3.71. The highest BCUT2D eigenvalue weighted by molar-refractivity contribution is 7.94. The van der Waals surface area contributed by atoms with Crippen molar-refractivity contribution in [2.75, 3.05) is 4.72 Å². The molecule has 9 heteroatoms. The van der Waals surface area contributed by atoms with Gasteiger partial charge in [0.05, 0.1) is 11.9 Å². The van der Waals surface area contributed by atoms with Crippen molar-refractivity contribution < 1.29 is 13.2 Å². The first-order valence-electron chi connectivity index (χ1n) is 6.96. The Labute approximate surface area is 143 Å². The molecule has 7 nitrogen and oxygen atoms in total. The molecule has 3 heterocycles. The monoisotopic (exact) mass is 362 g/mol. The maximum atomic E-state index is 12.3. The predicted molar refractivity (Wildman–Crippen MR) is 90.5 cm³/mol. The second-order valence-corrected chi connectivity index (χ2v) is 7.71. The molecule has 0 unspecified atom stereocenters. The highest BCUT2D eigenvalue weighted by Crippen LogP contribution is 2.25. The molecule has 0 amide bonds. The van der Waals surface area contributed by atoms with Gasteiger partial charge in [0, 0.05) is 18.0 Å². The van der Waals surface area contributed by atoms with Crippen LogP contribution in [0.3, 0.4) is 0 Å². The second kappa shape index (κ2) is 6.93. The molecule has 124 valence electrons. The molecule has 0 aromatic carbocycles. The van der Waals surface area contributed by atoms with E-state index in [0.717, 1.165) is 16.9 Å². The molecule has 0 aliphatic heterocycles. The van der Waals surface area contributed by atoms with Gasteiger partial charge in [-0.2, -0.15) is 0 Å². The van der Waals surface area contributed by atoms with E-state index in [9.17, 15) is 8.42 Å². The van der Waals surface area contributed by atoms with Crippen molar-refractivity contribution in [1.82, 2.24) is 15.0 Å². The summed E-state index contributed by atoms with van der Waals surface area (Å²) in [6.45, 7) is 1.96. The topological polar surface area (TPSA) is 94.1 Å². The molecular weight excluding hydrogens is 348 g/mol. The van der Waals surface area contributed by atoms with Crippen LogP contribution in [0.5, 0.6) is 5.88 Å². The van der Waals surface area contributed by atoms with Gasteiger partial charge in [-0.1, -0.05) is 12.1 Å². The van der Waals surface area contributed by atoms with Crippen LogP contribution in [0.1, 0.15) is 11.3 Å². The van der Waals surface area contributed by atoms with Crippen LogP contribution in [0.25, 0.3) is 0 Å². The van der Waals surface area contributed by atoms with Gasteiger partial charge >= 0.3 is 0 Å². The van der Waals surface area contributed by atoms with Crippen LogP contribution in [-0.2, 0) is 16.6 Å². The summed E-state index contributed by atoms with van der Waals surface area (Å²) in [5.74, 6) is 0.178. The minimum absolute atomic E-state index is 0.0536. The lowest BCUT2D eigenvalue weighted by Gasteiger charge is -2.11. The molecule has 0 saturated heterocycles. The van der Waals surface area contributed by atoms with Crippen LogP contribution >= 0.6 is 11.3 Å². The smallest absolute Gasteiger partial charge is 0.272 e. The number of hydrogen-bond acceptors (Lipinski definition) is 7. The van der Waals surface area contributed by atoms with Crippen molar-refractivity contribution in [2.24, 2.45) is 0 Å². The van der Waals surface area contributed by atoms with Crippen molar-refractivity contribution in [2.45, 2.75) is 17.7 Å². The first kappa shape index (κ1) is 16.3. The van der Waals surface area contributed by atoms with Gasteiger partial charge in [0.25, 0.3) is 15.9 Å².